The average Bonchev–Trinajstić information content (AvgIpc) is 2.61. The lowest BCUT2D eigenvalue weighted by molar-refractivity contribution is 0.0461. The van der Waals surface area contributed by atoms with Crippen LogP contribution in [-0.2, 0) is 11.3 Å². The molecule has 132 valence electrons. The summed E-state index contributed by atoms with van der Waals surface area (Å²) in [5.41, 5.74) is 7.85. The molecule has 0 bridgehead atoms. The molecule has 0 saturated carbocycles. The van der Waals surface area contributed by atoms with E-state index in [1.807, 2.05) is 31.2 Å². The van der Waals surface area contributed by atoms with Crippen LogP contribution in [0.1, 0.15) is 21.7 Å². The highest BCUT2D eigenvalue weighted by molar-refractivity contribution is 5.89. The second kappa shape index (κ2) is 7.47. The fraction of sp³-hybridized carbons (Fsp3) is 0.111. The van der Waals surface area contributed by atoms with Crippen molar-refractivity contribution in [3.05, 3.63) is 65.5 Å². The number of hydrogen-bond acceptors (Lipinski definition) is 8. The van der Waals surface area contributed by atoms with E-state index in [1.165, 1.54) is 18.2 Å². The van der Waals surface area contributed by atoms with Gasteiger partial charge in [-0.3, -0.25) is 0 Å². The van der Waals surface area contributed by atoms with Crippen LogP contribution in [0.3, 0.4) is 0 Å². The number of benzene rings is 2. The molecule has 0 amide bonds. The van der Waals surface area contributed by atoms with Crippen molar-refractivity contribution in [1.29, 1.82) is 0 Å². The van der Waals surface area contributed by atoms with Gasteiger partial charge < -0.3 is 20.9 Å². The Bertz CT molecular complexity index is 928. The lowest BCUT2D eigenvalue weighted by Crippen LogP contribution is -2.11. The number of rotatable bonds is 5. The Hall–Kier alpha value is -3.68. The summed E-state index contributed by atoms with van der Waals surface area (Å²) < 4.78 is 5.16. The van der Waals surface area contributed by atoms with E-state index in [9.17, 15) is 9.90 Å². The average molecular weight is 351 g/mol. The molecule has 0 atom stereocenters. The number of nitrogens with one attached hydrogen (secondary N) is 1. The van der Waals surface area contributed by atoms with Crippen LogP contribution in [0.5, 0.6) is 5.75 Å². The van der Waals surface area contributed by atoms with Gasteiger partial charge in [-0.1, -0.05) is 23.8 Å². The minimum absolute atomic E-state index is 0.0121. The van der Waals surface area contributed by atoms with Crippen molar-refractivity contribution >= 4 is 23.6 Å². The number of nitrogens with two attached hydrogens (primary N) is 1. The van der Waals surface area contributed by atoms with Crippen molar-refractivity contribution in [3.8, 4) is 5.75 Å². The Morgan fingerprint density at radius 1 is 1.15 bits per heavy atom. The fourth-order valence-corrected chi connectivity index (χ4v) is 2.17. The van der Waals surface area contributed by atoms with Gasteiger partial charge in [-0.2, -0.15) is 15.0 Å². The highest BCUT2D eigenvalue weighted by atomic mass is 16.5. The number of aromatic nitrogens is 3. The topological polar surface area (TPSA) is 123 Å². The number of hydrogen-bond donors (Lipinski definition) is 3. The largest absolute Gasteiger partial charge is 0.508 e. The summed E-state index contributed by atoms with van der Waals surface area (Å²) in [6.07, 6.45) is 0. The third-order valence-corrected chi connectivity index (χ3v) is 3.42. The summed E-state index contributed by atoms with van der Waals surface area (Å²) in [6.45, 7) is 1.81. The molecule has 26 heavy (non-hydrogen) atoms. The summed E-state index contributed by atoms with van der Waals surface area (Å²) in [5, 5.41) is 12.4. The Labute approximate surface area is 149 Å². The third-order valence-electron chi connectivity index (χ3n) is 3.42. The molecule has 0 radical (unpaired) electrons. The third kappa shape index (κ3) is 4.44. The molecule has 0 unspecified atom stereocenters. The van der Waals surface area contributed by atoms with Gasteiger partial charge in [0.25, 0.3) is 0 Å². The summed E-state index contributed by atoms with van der Waals surface area (Å²) in [6, 6.07) is 13.5. The standard InChI is InChI=1S/C18H17N5O3/c1-11-5-7-13(8-6-11)20-18-22-15(21-17(19)23-18)10-26-16(25)12-3-2-4-14(24)9-12/h2-9,24H,10H2,1H3,(H3,19,20,21,22,23). The molecule has 8 nitrogen and oxygen atoms in total. The summed E-state index contributed by atoms with van der Waals surface area (Å²) in [7, 11) is 0. The van der Waals surface area contributed by atoms with E-state index in [4.69, 9.17) is 10.5 Å². The number of carbonyl (C=O) groups is 1. The van der Waals surface area contributed by atoms with Crippen molar-refractivity contribution in [2.24, 2.45) is 0 Å². The molecule has 0 fully saturated rings. The van der Waals surface area contributed by atoms with E-state index in [-0.39, 0.29) is 35.6 Å². The van der Waals surface area contributed by atoms with Crippen LogP contribution in [-0.4, -0.2) is 26.0 Å². The van der Waals surface area contributed by atoms with Gasteiger partial charge in [0.1, 0.15) is 5.75 Å². The molecule has 3 rings (SSSR count). The predicted octanol–water partition coefficient (Wildman–Crippen LogP) is 2.57. The number of phenolic OH excluding ortho intramolecular Hbond substituents is 1. The van der Waals surface area contributed by atoms with Crippen LogP contribution in [0.4, 0.5) is 17.6 Å². The maximum Gasteiger partial charge on any atom is 0.338 e. The molecule has 1 heterocycles. The van der Waals surface area contributed by atoms with E-state index in [0.29, 0.717) is 0 Å². The van der Waals surface area contributed by atoms with Gasteiger partial charge in [0, 0.05) is 5.69 Å². The first kappa shape index (κ1) is 17.2. The van der Waals surface area contributed by atoms with Gasteiger partial charge in [0.15, 0.2) is 12.4 Å². The first-order chi connectivity index (χ1) is 12.5. The van der Waals surface area contributed by atoms with Crippen LogP contribution in [0, 0.1) is 6.92 Å². The van der Waals surface area contributed by atoms with Crippen molar-refractivity contribution in [2.45, 2.75) is 13.5 Å². The van der Waals surface area contributed by atoms with Gasteiger partial charge in [0.05, 0.1) is 5.56 Å². The zero-order valence-corrected chi connectivity index (χ0v) is 14.0. The molecule has 0 saturated heterocycles. The molecular formula is C18H17N5O3. The Morgan fingerprint density at radius 3 is 2.65 bits per heavy atom. The number of anilines is 3. The minimum atomic E-state index is -0.604. The zero-order valence-electron chi connectivity index (χ0n) is 14.0. The van der Waals surface area contributed by atoms with Gasteiger partial charge >= 0.3 is 5.97 Å². The number of ether oxygens (including phenoxy) is 1. The summed E-state index contributed by atoms with van der Waals surface area (Å²) in [5.74, 6) is -0.148. The molecule has 1 aromatic heterocycles. The Morgan fingerprint density at radius 2 is 1.92 bits per heavy atom. The van der Waals surface area contributed by atoms with Crippen molar-refractivity contribution in [3.63, 3.8) is 0 Å². The number of aryl methyl sites for hydroxylation is 1. The maximum atomic E-state index is 12.0. The number of phenols is 1. The van der Waals surface area contributed by atoms with Crippen molar-refractivity contribution in [1.82, 2.24) is 15.0 Å². The predicted molar refractivity (Wildman–Crippen MR) is 95.9 cm³/mol. The van der Waals surface area contributed by atoms with Crippen molar-refractivity contribution in [2.75, 3.05) is 11.1 Å². The minimum Gasteiger partial charge on any atom is -0.508 e. The quantitative estimate of drug-likeness (QED) is 0.599. The molecule has 0 aliphatic carbocycles. The number of nitrogens with zero attached hydrogens (tertiary/aromatic N) is 3. The molecule has 0 aliphatic rings. The van der Waals surface area contributed by atoms with E-state index >= 15 is 0 Å². The molecule has 8 heteroatoms. The molecular weight excluding hydrogens is 334 g/mol. The second-order valence-electron chi connectivity index (χ2n) is 5.55. The first-order valence-corrected chi connectivity index (χ1v) is 7.80. The van der Waals surface area contributed by atoms with Crippen LogP contribution in [0.25, 0.3) is 0 Å². The lowest BCUT2D eigenvalue weighted by Gasteiger charge is -2.08. The SMILES string of the molecule is Cc1ccc(Nc2nc(N)nc(COC(=O)c3cccc(O)c3)n2)cc1. The molecule has 0 aliphatic heterocycles. The van der Waals surface area contributed by atoms with Crippen molar-refractivity contribution < 1.29 is 14.6 Å². The number of carbonyl (C=O) groups excluding carboxylic acids is 1. The molecule has 4 N–H and O–H groups in total. The van der Waals surface area contributed by atoms with Gasteiger partial charge in [-0.25, -0.2) is 4.79 Å². The normalized spacial score (nSPS) is 10.3. The second-order valence-corrected chi connectivity index (χ2v) is 5.55. The van der Waals surface area contributed by atoms with E-state index in [1.54, 1.807) is 6.07 Å². The maximum absolute atomic E-state index is 12.0. The Kier molecular flexibility index (Phi) is 4.93. The number of nitrogen functional groups attached to an aromatic ring is 1. The summed E-state index contributed by atoms with van der Waals surface area (Å²) in [4.78, 5) is 24.2. The number of aromatic hydroxyl groups is 1. The highest BCUT2D eigenvalue weighted by Crippen LogP contribution is 2.15. The van der Waals surface area contributed by atoms with E-state index < -0.39 is 5.97 Å². The first-order valence-electron chi connectivity index (χ1n) is 7.80. The number of esters is 1. The van der Waals surface area contributed by atoms with Crippen LogP contribution in [0.15, 0.2) is 48.5 Å². The fourth-order valence-electron chi connectivity index (χ4n) is 2.17. The van der Waals surface area contributed by atoms with Gasteiger partial charge in [-0.15, -0.1) is 0 Å². The summed E-state index contributed by atoms with van der Waals surface area (Å²) >= 11 is 0. The van der Waals surface area contributed by atoms with E-state index in [0.717, 1.165) is 11.3 Å². The monoisotopic (exact) mass is 351 g/mol. The van der Waals surface area contributed by atoms with Crippen LogP contribution in [0.2, 0.25) is 0 Å². The van der Waals surface area contributed by atoms with E-state index in [2.05, 4.69) is 20.3 Å². The smallest absolute Gasteiger partial charge is 0.338 e. The molecule has 0 spiro atoms. The van der Waals surface area contributed by atoms with Crippen LogP contribution < -0.4 is 11.1 Å². The lowest BCUT2D eigenvalue weighted by atomic mass is 10.2. The van der Waals surface area contributed by atoms with Gasteiger partial charge in [0.2, 0.25) is 11.9 Å². The Balaban J connectivity index is 1.69. The molecule has 3 aromatic rings. The zero-order chi connectivity index (χ0) is 18.5. The van der Waals surface area contributed by atoms with Gasteiger partial charge in [-0.05, 0) is 37.3 Å². The van der Waals surface area contributed by atoms with Crippen LogP contribution >= 0.6 is 0 Å². The highest BCUT2D eigenvalue weighted by Gasteiger charge is 2.11. The molecule has 2 aromatic carbocycles.